The first kappa shape index (κ1) is 14.8. The van der Waals surface area contributed by atoms with Crippen molar-refractivity contribution in [2.45, 2.75) is 6.61 Å². The molecule has 6 heteroatoms. The summed E-state index contributed by atoms with van der Waals surface area (Å²) in [6, 6.07) is 15.4. The second kappa shape index (κ2) is 6.74. The Labute approximate surface area is 132 Å². The normalized spacial score (nSPS) is 10.3. The number of hydrogen-bond donors (Lipinski definition) is 1. The fraction of sp³-hybridized carbons (Fsp3) is 0.0588. The van der Waals surface area contributed by atoms with Crippen LogP contribution in [-0.4, -0.2) is 15.9 Å². The largest absolute Gasteiger partial charge is 0.444 e. The number of benzene rings is 2. The number of ether oxygens (including phenoxy) is 1. The summed E-state index contributed by atoms with van der Waals surface area (Å²) < 4.78 is 20.6. The van der Waals surface area contributed by atoms with Crippen molar-refractivity contribution < 1.29 is 13.9 Å². The van der Waals surface area contributed by atoms with E-state index in [2.05, 4.69) is 10.4 Å². The third-order valence-electron chi connectivity index (χ3n) is 3.16. The molecule has 0 saturated heterocycles. The highest BCUT2D eigenvalue weighted by molar-refractivity contribution is 5.84. The van der Waals surface area contributed by atoms with Gasteiger partial charge in [-0.25, -0.2) is 13.9 Å². The molecule has 5 nitrogen and oxygen atoms in total. The molecule has 0 unspecified atom stereocenters. The molecule has 3 rings (SSSR count). The molecule has 0 bridgehead atoms. The summed E-state index contributed by atoms with van der Waals surface area (Å²) >= 11 is 0. The van der Waals surface area contributed by atoms with Crippen molar-refractivity contribution in [1.29, 1.82) is 0 Å². The van der Waals surface area contributed by atoms with E-state index in [0.717, 1.165) is 5.56 Å². The summed E-state index contributed by atoms with van der Waals surface area (Å²) in [5, 5.41) is 6.46. The molecule has 3 aromatic rings. The topological polar surface area (TPSA) is 56.2 Å². The van der Waals surface area contributed by atoms with Crippen molar-refractivity contribution in [2.24, 2.45) is 0 Å². The number of aromatic nitrogens is 2. The molecule has 0 spiro atoms. The number of anilines is 1. The third-order valence-corrected chi connectivity index (χ3v) is 3.16. The van der Waals surface area contributed by atoms with Gasteiger partial charge in [-0.3, -0.25) is 5.32 Å². The molecule has 1 heterocycles. The van der Waals surface area contributed by atoms with E-state index >= 15 is 0 Å². The molecule has 0 radical (unpaired) electrons. The zero-order valence-corrected chi connectivity index (χ0v) is 12.1. The maximum absolute atomic E-state index is 14.1. The smallest absolute Gasteiger partial charge is 0.411 e. The van der Waals surface area contributed by atoms with E-state index < -0.39 is 11.9 Å². The van der Waals surface area contributed by atoms with Gasteiger partial charge < -0.3 is 4.74 Å². The first-order valence-electron chi connectivity index (χ1n) is 6.99. The van der Waals surface area contributed by atoms with Crippen molar-refractivity contribution in [1.82, 2.24) is 9.78 Å². The predicted molar refractivity (Wildman–Crippen MR) is 83.8 cm³/mol. The van der Waals surface area contributed by atoms with Crippen LogP contribution in [-0.2, 0) is 11.3 Å². The zero-order valence-electron chi connectivity index (χ0n) is 12.1. The average Bonchev–Trinajstić information content (AvgIpc) is 3.08. The summed E-state index contributed by atoms with van der Waals surface area (Å²) in [6.45, 7) is 0.153. The molecule has 116 valence electrons. The van der Waals surface area contributed by atoms with Gasteiger partial charge in [0, 0.05) is 18.1 Å². The molecule has 1 aromatic heterocycles. The molecule has 0 aliphatic rings. The lowest BCUT2D eigenvalue weighted by molar-refractivity contribution is 0.155. The van der Waals surface area contributed by atoms with Crippen LogP contribution < -0.4 is 5.32 Å². The molecular weight excluding hydrogens is 297 g/mol. The number of nitrogens with one attached hydrogen (secondary N) is 1. The van der Waals surface area contributed by atoms with Crippen LogP contribution in [0.2, 0.25) is 0 Å². The van der Waals surface area contributed by atoms with Gasteiger partial charge in [-0.05, 0) is 29.8 Å². The minimum atomic E-state index is -0.639. The van der Waals surface area contributed by atoms with Gasteiger partial charge >= 0.3 is 6.09 Å². The van der Waals surface area contributed by atoms with Crippen molar-refractivity contribution in [2.75, 3.05) is 5.32 Å². The average molecular weight is 311 g/mol. The number of carbonyl (C=O) groups excluding carboxylic acids is 1. The Morgan fingerprint density at radius 1 is 1.17 bits per heavy atom. The van der Waals surface area contributed by atoms with Crippen LogP contribution in [0.25, 0.3) is 5.69 Å². The van der Waals surface area contributed by atoms with E-state index in [4.69, 9.17) is 4.74 Å². The molecule has 2 aromatic carbocycles. The van der Waals surface area contributed by atoms with Gasteiger partial charge in [0.2, 0.25) is 0 Å². The predicted octanol–water partition coefficient (Wildman–Crippen LogP) is 3.76. The van der Waals surface area contributed by atoms with Crippen molar-refractivity contribution >= 4 is 11.8 Å². The Bertz CT molecular complexity index is 789. The molecule has 0 aliphatic heterocycles. The van der Waals surface area contributed by atoms with Crippen molar-refractivity contribution in [3.8, 4) is 5.69 Å². The second-order valence-electron chi connectivity index (χ2n) is 4.80. The van der Waals surface area contributed by atoms with Crippen LogP contribution in [0.4, 0.5) is 14.9 Å². The van der Waals surface area contributed by atoms with Gasteiger partial charge in [-0.2, -0.15) is 5.10 Å². The summed E-state index contributed by atoms with van der Waals surface area (Å²) in [7, 11) is 0. The number of rotatable bonds is 4. The lowest BCUT2D eigenvalue weighted by atomic mass is 10.2. The Morgan fingerprint density at radius 3 is 2.70 bits per heavy atom. The van der Waals surface area contributed by atoms with Crippen molar-refractivity contribution in [3.63, 3.8) is 0 Å². The fourth-order valence-corrected chi connectivity index (χ4v) is 2.06. The highest BCUT2D eigenvalue weighted by atomic mass is 19.1. The molecule has 0 aliphatic carbocycles. The van der Waals surface area contributed by atoms with E-state index in [9.17, 15) is 9.18 Å². The van der Waals surface area contributed by atoms with E-state index in [1.54, 1.807) is 24.5 Å². The molecule has 1 N–H and O–H groups in total. The number of hydrogen-bond acceptors (Lipinski definition) is 3. The number of halogens is 1. The SMILES string of the molecule is O=C(Nc1ccc(-n2cccn2)c(F)c1)OCc1ccccc1. The summed E-state index contributed by atoms with van der Waals surface area (Å²) in [6.07, 6.45) is 2.56. The van der Waals surface area contributed by atoms with E-state index in [0.29, 0.717) is 11.4 Å². The quantitative estimate of drug-likeness (QED) is 0.798. The van der Waals surface area contributed by atoms with Crippen LogP contribution in [0.1, 0.15) is 5.56 Å². The first-order valence-corrected chi connectivity index (χ1v) is 6.99. The van der Waals surface area contributed by atoms with Crippen LogP contribution in [0, 0.1) is 5.82 Å². The highest BCUT2D eigenvalue weighted by Gasteiger charge is 2.09. The van der Waals surface area contributed by atoms with Crippen LogP contribution in [0.5, 0.6) is 0 Å². The summed E-state index contributed by atoms with van der Waals surface area (Å²) in [5.41, 5.74) is 1.50. The lowest BCUT2D eigenvalue weighted by Gasteiger charge is -2.09. The lowest BCUT2D eigenvalue weighted by Crippen LogP contribution is -2.14. The summed E-state index contributed by atoms with van der Waals surface area (Å²) in [4.78, 5) is 11.7. The fourth-order valence-electron chi connectivity index (χ4n) is 2.06. The minimum Gasteiger partial charge on any atom is -0.444 e. The van der Waals surface area contributed by atoms with Gasteiger partial charge in [-0.15, -0.1) is 0 Å². The Balaban J connectivity index is 1.62. The molecule has 0 atom stereocenters. The number of amides is 1. The first-order chi connectivity index (χ1) is 11.2. The molecule has 1 amide bonds. The number of carbonyl (C=O) groups is 1. The standard InChI is InChI=1S/C17H14FN3O2/c18-15-11-14(7-8-16(15)21-10-4-9-19-21)20-17(22)23-12-13-5-2-1-3-6-13/h1-11H,12H2,(H,20,22). The van der Waals surface area contributed by atoms with Gasteiger partial charge in [0.1, 0.15) is 12.3 Å². The third kappa shape index (κ3) is 3.74. The molecule has 23 heavy (non-hydrogen) atoms. The van der Waals surface area contributed by atoms with Crippen LogP contribution >= 0.6 is 0 Å². The molecular formula is C17H14FN3O2. The highest BCUT2D eigenvalue weighted by Crippen LogP contribution is 2.18. The van der Waals surface area contributed by atoms with Crippen LogP contribution in [0.3, 0.4) is 0 Å². The van der Waals surface area contributed by atoms with Crippen molar-refractivity contribution in [3.05, 3.63) is 78.4 Å². The van der Waals surface area contributed by atoms with Gasteiger partial charge in [0.05, 0.1) is 0 Å². The Hall–Kier alpha value is -3.15. The van der Waals surface area contributed by atoms with Crippen LogP contribution in [0.15, 0.2) is 67.0 Å². The van der Waals surface area contributed by atoms with Gasteiger partial charge in [0.15, 0.2) is 5.82 Å². The maximum Gasteiger partial charge on any atom is 0.411 e. The Kier molecular flexibility index (Phi) is 4.33. The number of nitrogens with zero attached hydrogens (tertiary/aromatic N) is 2. The minimum absolute atomic E-state index is 0.153. The monoisotopic (exact) mass is 311 g/mol. The molecule has 0 saturated carbocycles. The molecule has 0 fully saturated rings. The van der Waals surface area contributed by atoms with E-state index in [1.807, 2.05) is 30.3 Å². The van der Waals surface area contributed by atoms with Gasteiger partial charge in [0.25, 0.3) is 0 Å². The zero-order chi connectivity index (χ0) is 16.1. The Morgan fingerprint density at radius 2 is 2.00 bits per heavy atom. The summed E-state index contributed by atoms with van der Waals surface area (Å²) in [5.74, 6) is -0.491. The maximum atomic E-state index is 14.1. The van der Waals surface area contributed by atoms with E-state index in [1.165, 1.54) is 16.8 Å². The van der Waals surface area contributed by atoms with Gasteiger partial charge in [-0.1, -0.05) is 30.3 Å². The second-order valence-corrected chi connectivity index (χ2v) is 4.80. The van der Waals surface area contributed by atoms with E-state index in [-0.39, 0.29) is 6.61 Å².